The topological polar surface area (TPSA) is 83.3 Å². The van der Waals surface area contributed by atoms with Gasteiger partial charge in [-0.1, -0.05) is 12.1 Å². The van der Waals surface area contributed by atoms with Crippen LogP contribution in [0.1, 0.15) is 5.56 Å². The number of benzene rings is 1. The smallest absolute Gasteiger partial charge is 0.550 e. The van der Waals surface area contributed by atoms with Crippen LogP contribution in [-0.4, -0.2) is 10.9 Å². The summed E-state index contributed by atoms with van der Waals surface area (Å²) in [4.78, 5) is 19.9. The Morgan fingerprint density at radius 3 is 2.57 bits per heavy atom. The first-order valence-corrected chi connectivity index (χ1v) is 3.53. The Morgan fingerprint density at radius 2 is 2.07 bits per heavy atom. The SMILES string of the molecule is O=C([O-])Cc1cccc([N+](=O)[O-])c1.[K+]. The zero-order valence-corrected chi connectivity index (χ0v) is 10.7. The molecule has 5 nitrogen and oxygen atoms in total. The van der Waals surface area contributed by atoms with Crippen LogP contribution in [0.5, 0.6) is 0 Å². The summed E-state index contributed by atoms with van der Waals surface area (Å²) in [6.45, 7) is 0. The summed E-state index contributed by atoms with van der Waals surface area (Å²) in [5, 5.41) is 20.5. The van der Waals surface area contributed by atoms with E-state index in [1.54, 1.807) is 0 Å². The first-order chi connectivity index (χ1) is 6.09. The molecular formula is C8H6KNO4. The van der Waals surface area contributed by atoms with E-state index < -0.39 is 10.9 Å². The average molecular weight is 219 g/mol. The molecule has 0 amide bonds. The van der Waals surface area contributed by atoms with E-state index in [-0.39, 0.29) is 63.5 Å². The number of hydrogen-bond acceptors (Lipinski definition) is 4. The average Bonchev–Trinajstić information content (AvgIpc) is 2.03. The van der Waals surface area contributed by atoms with Crippen LogP contribution >= 0.6 is 0 Å². The molecule has 14 heavy (non-hydrogen) atoms. The van der Waals surface area contributed by atoms with Gasteiger partial charge < -0.3 is 9.90 Å². The Labute approximate surface area is 123 Å². The minimum Gasteiger partial charge on any atom is -0.550 e. The maximum atomic E-state index is 10.3. The van der Waals surface area contributed by atoms with Gasteiger partial charge in [-0.15, -0.1) is 0 Å². The molecule has 1 aromatic carbocycles. The molecule has 0 fully saturated rings. The third-order valence-corrected chi connectivity index (χ3v) is 1.47. The van der Waals surface area contributed by atoms with Crippen molar-refractivity contribution in [3.63, 3.8) is 0 Å². The molecule has 0 heterocycles. The zero-order chi connectivity index (χ0) is 9.84. The molecule has 0 atom stereocenters. The summed E-state index contributed by atoms with van der Waals surface area (Å²) in [5.41, 5.74) is 0.257. The number of carboxylic acid groups (broad SMARTS) is 1. The van der Waals surface area contributed by atoms with Gasteiger partial charge in [-0.05, 0) is 5.56 Å². The number of carbonyl (C=O) groups is 1. The Bertz CT molecular complexity index is 353. The molecule has 0 aliphatic heterocycles. The molecule has 1 rings (SSSR count). The van der Waals surface area contributed by atoms with Crippen LogP contribution in [-0.2, 0) is 11.2 Å². The third kappa shape index (κ3) is 4.29. The van der Waals surface area contributed by atoms with E-state index >= 15 is 0 Å². The summed E-state index contributed by atoms with van der Waals surface area (Å²) >= 11 is 0. The maximum absolute atomic E-state index is 10.3. The molecule has 0 aliphatic carbocycles. The van der Waals surface area contributed by atoms with Gasteiger partial charge in [0.25, 0.3) is 5.69 Å². The molecule has 0 saturated heterocycles. The van der Waals surface area contributed by atoms with Gasteiger partial charge in [0.15, 0.2) is 0 Å². The van der Waals surface area contributed by atoms with Gasteiger partial charge >= 0.3 is 51.4 Å². The predicted octanol–water partition coefficient (Wildman–Crippen LogP) is -3.11. The van der Waals surface area contributed by atoms with Gasteiger partial charge in [0.05, 0.1) is 4.92 Å². The van der Waals surface area contributed by atoms with E-state index in [0.717, 1.165) is 0 Å². The molecule has 0 aromatic heterocycles. The second kappa shape index (κ2) is 6.26. The van der Waals surface area contributed by atoms with E-state index in [1.807, 2.05) is 0 Å². The molecule has 68 valence electrons. The maximum Gasteiger partial charge on any atom is 1.00 e. The van der Waals surface area contributed by atoms with E-state index in [0.29, 0.717) is 5.56 Å². The first kappa shape index (κ1) is 13.7. The van der Waals surface area contributed by atoms with E-state index in [9.17, 15) is 20.0 Å². The molecule has 0 bridgehead atoms. The summed E-state index contributed by atoms with van der Waals surface area (Å²) in [7, 11) is 0. The first-order valence-electron chi connectivity index (χ1n) is 3.53. The molecule has 0 radical (unpaired) electrons. The Morgan fingerprint density at radius 1 is 1.43 bits per heavy atom. The number of hydrogen-bond donors (Lipinski definition) is 0. The number of carbonyl (C=O) groups excluding carboxylic acids is 1. The molecular weight excluding hydrogens is 213 g/mol. The number of non-ortho nitro benzene ring substituents is 1. The Kier molecular flexibility index (Phi) is 6.13. The monoisotopic (exact) mass is 219 g/mol. The van der Waals surface area contributed by atoms with Crippen molar-refractivity contribution in [2.45, 2.75) is 6.42 Å². The van der Waals surface area contributed by atoms with Crippen molar-refractivity contribution in [2.75, 3.05) is 0 Å². The van der Waals surface area contributed by atoms with Gasteiger partial charge in [0, 0.05) is 24.5 Å². The minimum atomic E-state index is -1.25. The fraction of sp³-hybridized carbons (Fsp3) is 0.125. The molecule has 1 aromatic rings. The van der Waals surface area contributed by atoms with Crippen LogP contribution in [0, 0.1) is 10.1 Å². The van der Waals surface area contributed by atoms with Crippen LogP contribution in [0.2, 0.25) is 0 Å². The van der Waals surface area contributed by atoms with Crippen LogP contribution in [0.4, 0.5) is 5.69 Å². The third-order valence-electron chi connectivity index (χ3n) is 1.47. The number of aliphatic carboxylic acids is 1. The van der Waals surface area contributed by atoms with Crippen molar-refractivity contribution in [3.05, 3.63) is 39.9 Å². The molecule has 6 heteroatoms. The molecule has 0 spiro atoms. The Balaban J connectivity index is 0.00000169. The van der Waals surface area contributed by atoms with Crippen molar-refractivity contribution in [1.82, 2.24) is 0 Å². The fourth-order valence-corrected chi connectivity index (χ4v) is 0.947. The zero-order valence-electron chi connectivity index (χ0n) is 7.60. The van der Waals surface area contributed by atoms with Crippen LogP contribution < -0.4 is 56.5 Å². The molecule has 0 N–H and O–H groups in total. The van der Waals surface area contributed by atoms with E-state index in [4.69, 9.17) is 0 Å². The Hall–Kier alpha value is -0.274. The predicted molar refractivity (Wildman–Crippen MR) is 41.8 cm³/mol. The van der Waals surface area contributed by atoms with Gasteiger partial charge in [-0.25, -0.2) is 0 Å². The van der Waals surface area contributed by atoms with E-state index in [2.05, 4.69) is 0 Å². The molecule has 0 aliphatic rings. The summed E-state index contributed by atoms with van der Waals surface area (Å²) in [6.07, 6.45) is -0.304. The normalized spacial score (nSPS) is 8.86. The molecule has 0 saturated carbocycles. The summed E-state index contributed by atoms with van der Waals surface area (Å²) < 4.78 is 0. The number of nitro groups is 1. The van der Waals surface area contributed by atoms with Gasteiger partial charge in [-0.3, -0.25) is 10.1 Å². The van der Waals surface area contributed by atoms with Crippen molar-refractivity contribution < 1.29 is 66.2 Å². The van der Waals surface area contributed by atoms with Gasteiger partial charge in [0.2, 0.25) is 0 Å². The molecule has 0 unspecified atom stereocenters. The number of nitro benzene ring substituents is 1. The summed E-state index contributed by atoms with van der Waals surface area (Å²) in [5.74, 6) is -1.25. The standard InChI is InChI=1S/C8H7NO4.K/c10-8(11)5-6-2-1-3-7(4-6)9(12)13;/h1-4H,5H2,(H,10,11);/q;+1/p-1. The number of rotatable bonds is 3. The largest absolute Gasteiger partial charge is 1.00 e. The van der Waals surface area contributed by atoms with Crippen molar-refractivity contribution in [2.24, 2.45) is 0 Å². The second-order valence-corrected chi connectivity index (χ2v) is 2.48. The van der Waals surface area contributed by atoms with Crippen LogP contribution in [0.15, 0.2) is 24.3 Å². The van der Waals surface area contributed by atoms with Crippen molar-refractivity contribution in [1.29, 1.82) is 0 Å². The minimum absolute atomic E-state index is 0. The number of carboxylic acids is 1. The van der Waals surface area contributed by atoms with Gasteiger partial charge in [0.1, 0.15) is 0 Å². The van der Waals surface area contributed by atoms with Crippen molar-refractivity contribution in [3.8, 4) is 0 Å². The van der Waals surface area contributed by atoms with Crippen LogP contribution in [0.3, 0.4) is 0 Å². The quantitative estimate of drug-likeness (QED) is 0.306. The number of nitrogens with zero attached hydrogens (tertiary/aromatic N) is 1. The van der Waals surface area contributed by atoms with Crippen molar-refractivity contribution >= 4 is 11.7 Å². The van der Waals surface area contributed by atoms with Crippen LogP contribution in [0.25, 0.3) is 0 Å². The fourth-order valence-electron chi connectivity index (χ4n) is 0.947. The second-order valence-electron chi connectivity index (χ2n) is 2.48. The summed E-state index contributed by atoms with van der Waals surface area (Å²) in [6, 6.07) is 5.47. The van der Waals surface area contributed by atoms with Gasteiger partial charge in [-0.2, -0.15) is 0 Å². The van der Waals surface area contributed by atoms with E-state index in [1.165, 1.54) is 24.3 Å².